The molecule has 0 radical (unpaired) electrons. The van der Waals surface area contributed by atoms with Crippen LogP contribution in [0.1, 0.15) is 19.8 Å². The number of carbonyl (C=O) groups is 2. The fraction of sp³-hybridized carbons (Fsp3) is 0.833. The van der Waals surface area contributed by atoms with Gasteiger partial charge in [0.1, 0.15) is 0 Å². The number of carboxylic acids is 1. The number of aliphatic hydroxyl groups is 1. The normalized spacial score (nSPS) is 32.0. The van der Waals surface area contributed by atoms with E-state index >= 15 is 0 Å². The Hall–Kier alpha value is -1.30. The highest BCUT2D eigenvalue weighted by Crippen LogP contribution is 2.26. The number of hydrogen-bond donors (Lipinski definition) is 2. The average molecular weight is 256 g/mol. The maximum Gasteiger partial charge on any atom is 0.320 e. The number of amides is 2. The van der Waals surface area contributed by atoms with E-state index in [2.05, 4.69) is 0 Å². The lowest BCUT2D eigenvalue weighted by atomic mass is 9.99. The number of aliphatic hydroxyl groups excluding tert-OH is 1. The molecule has 3 atom stereocenters. The summed E-state index contributed by atoms with van der Waals surface area (Å²) in [6.07, 6.45) is 1.73. The number of carbonyl (C=O) groups excluding carboxylic acids is 1. The van der Waals surface area contributed by atoms with Gasteiger partial charge in [0.15, 0.2) is 0 Å². The number of likely N-dealkylation sites (tertiary alicyclic amines) is 2. The largest absolute Gasteiger partial charge is 0.481 e. The fourth-order valence-electron chi connectivity index (χ4n) is 2.90. The molecule has 18 heavy (non-hydrogen) atoms. The highest BCUT2D eigenvalue weighted by atomic mass is 16.4. The monoisotopic (exact) mass is 256 g/mol. The van der Waals surface area contributed by atoms with E-state index in [-0.39, 0.29) is 31.1 Å². The quantitative estimate of drug-likeness (QED) is 0.740. The van der Waals surface area contributed by atoms with Gasteiger partial charge in [-0.2, -0.15) is 0 Å². The SMILES string of the molecule is C[C@@H]1CN(C(=O)N2CCCC2CO)C[C@H]1C(=O)O. The molecule has 2 aliphatic rings. The zero-order chi connectivity index (χ0) is 13.3. The van der Waals surface area contributed by atoms with E-state index in [9.17, 15) is 14.7 Å². The number of aliphatic carboxylic acids is 1. The average Bonchev–Trinajstić information content (AvgIpc) is 2.93. The van der Waals surface area contributed by atoms with Crippen LogP contribution in [0.25, 0.3) is 0 Å². The molecule has 0 aromatic heterocycles. The van der Waals surface area contributed by atoms with Crippen LogP contribution in [0, 0.1) is 11.8 Å². The molecule has 2 N–H and O–H groups in total. The molecule has 1 unspecified atom stereocenters. The summed E-state index contributed by atoms with van der Waals surface area (Å²) in [6, 6.07) is -0.223. The van der Waals surface area contributed by atoms with Gasteiger partial charge in [0.05, 0.1) is 18.6 Å². The molecule has 0 spiro atoms. The molecule has 0 aromatic carbocycles. The predicted molar refractivity (Wildman–Crippen MR) is 64.1 cm³/mol. The smallest absolute Gasteiger partial charge is 0.320 e. The molecular formula is C12H20N2O4. The molecule has 2 amide bonds. The van der Waals surface area contributed by atoms with Crippen LogP contribution in [0.15, 0.2) is 0 Å². The Bertz CT molecular complexity index is 347. The second-order valence-corrected chi connectivity index (χ2v) is 5.28. The lowest BCUT2D eigenvalue weighted by Crippen LogP contribution is -2.46. The van der Waals surface area contributed by atoms with Crippen LogP contribution in [-0.2, 0) is 4.79 Å². The van der Waals surface area contributed by atoms with E-state index in [4.69, 9.17) is 5.11 Å². The minimum absolute atomic E-state index is 0.0124. The fourth-order valence-corrected chi connectivity index (χ4v) is 2.90. The first-order valence-electron chi connectivity index (χ1n) is 6.43. The van der Waals surface area contributed by atoms with Crippen molar-refractivity contribution in [2.45, 2.75) is 25.8 Å². The van der Waals surface area contributed by atoms with Gasteiger partial charge in [-0.25, -0.2) is 4.79 Å². The summed E-state index contributed by atoms with van der Waals surface area (Å²) in [5.41, 5.74) is 0. The van der Waals surface area contributed by atoms with Gasteiger partial charge in [0.25, 0.3) is 0 Å². The Morgan fingerprint density at radius 3 is 2.61 bits per heavy atom. The lowest BCUT2D eigenvalue weighted by molar-refractivity contribution is -0.142. The molecule has 6 heteroatoms. The van der Waals surface area contributed by atoms with Crippen LogP contribution in [0.4, 0.5) is 4.79 Å². The van der Waals surface area contributed by atoms with E-state index in [0.717, 1.165) is 12.8 Å². The zero-order valence-corrected chi connectivity index (χ0v) is 10.6. The Labute approximate surface area is 106 Å². The second-order valence-electron chi connectivity index (χ2n) is 5.28. The molecule has 0 saturated carbocycles. The first-order chi connectivity index (χ1) is 8.54. The summed E-state index contributed by atoms with van der Waals surface area (Å²) in [5, 5.41) is 18.3. The first kappa shape index (κ1) is 13.1. The van der Waals surface area contributed by atoms with Crippen LogP contribution in [0.3, 0.4) is 0 Å². The van der Waals surface area contributed by atoms with Crippen molar-refractivity contribution in [2.24, 2.45) is 11.8 Å². The van der Waals surface area contributed by atoms with E-state index in [1.165, 1.54) is 0 Å². The molecule has 2 aliphatic heterocycles. The maximum atomic E-state index is 12.3. The third-order valence-corrected chi connectivity index (χ3v) is 4.03. The summed E-state index contributed by atoms with van der Waals surface area (Å²) in [7, 11) is 0. The van der Waals surface area contributed by atoms with Gasteiger partial charge in [0, 0.05) is 19.6 Å². The first-order valence-corrected chi connectivity index (χ1v) is 6.43. The van der Waals surface area contributed by atoms with E-state index in [1.54, 1.807) is 9.80 Å². The third kappa shape index (κ3) is 2.29. The van der Waals surface area contributed by atoms with Crippen molar-refractivity contribution in [3.8, 4) is 0 Å². The summed E-state index contributed by atoms with van der Waals surface area (Å²) in [5.74, 6) is -1.32. The van der Waals surface area contributed by atoms with Gasteiger partial charge in [-0.1, -0.05) is 6.92 Å². The standard InChI is InChI=1S/C12H20N2O4/c1-8-5-13(6-10(8)11(16)17)12(18)14-4-2-3-9(14)7-15/h8-10,15H,2-7H2,1H3,(H,16,17)/t8-,9?,10-/m1/s1. The maximum absolute atomic E-state index is 12.3. The number of urea groups is 1. The molecule has 0 aromatic rings. The summed E-state index contributed by atoms with van der Waals surface area (Å²) >= 11 is 0. The molecule has 6 nitrogen and oxygen atoms in total. The van der Waals surface area contributed by atoms with E-state index < -0.39 is 11.9 Å². The highest BCUT2D eigenvalue weighted by molar-refractivity contribution is 5.78. The van der Waals surface area contributed by atoms with Crippen molar-refractivity contribution in [3.63, 3.8) is 0 Å². The number of rotatable bonds is 2. The van der Waals surface area contributed by atoms with E-state index in [0.29, 0.717) is 13.1 Å². The Morgan fingerprint density at radius 2 is 2.06 bits per heavy atom. The zero-order valence-electron chi connectivity index (χ0n) is 10.6. The van der Waals surface area contributed by atoms with Crippen LogP contribution in [0.2, 0.25) is 0 Å². The van der Waals surface area contributed by atoms with Crippen molar-refractivity contribution >= 4 is 12.0 Å². The van der Waals surface area contributed by atoms with Crippen LogP contribution in [0.5, 0.6) is 0 Å². The van der Waals surface area contributed by atoms with Crippen LogP contribution < -0.4 is 0 Å². The lowest BCUT2D eigenvalue weighted by Gasteiger charge is -2.28. The predicted octanol–water partition coefficient (Wildman–Crippen LogP) is 0.216. The molecule has 0 aliphatic carbocycles. The number of carboxylic acid groups (broad SMARTS) is 1. The van der Waals surface area contributed by atoms with Gasteiger partial charge >= 0.3 is 12.0 Å². The van der Waals surface area contributed by atoms with Crippen molar-refractivity contribution in [1.29, 1.82) is 0 Å². The van der Waals surface area contributed by atoms with Gasteiger partial charge in [-0.15, -0.1) is 0 Å². The topological polar surface area (TPSA) is 81.1 Å². The van der Waals surface area contributed by atoms with Crippen LogP contribution in [-0.4, -0.2) is 64.3 Å². The summed E-state index contributed by atoms with van der Waals surface area (Å²) in [4.78, 5) is 26.6. The number of nitrogens with zero attached hydrogens (tertiary/aromatic N) is 2. The van der Waals surface area contributed by atoms with Gasteiger partial charge in [-0.3, -0.25) is 4.79 Å². The molecule has 2 heterocycles. The summed E-state index contributed by atoms with van der Waals surface area (Å²) in [6.45, 7) is 3.28. The van der Waals surface area contributed by atoms with Crippen molar-refractivity contribution in [2.75, 3.05) is 26.2 Å². The minimum atomic E-state index is -0.835. The molecular weight excluding hydrogens is 236 g/mol. The molecule has 0 bridgehead atoms. The van der Waals surface area contributed by atoms with Crippen molar-refractivity contribution < 1.29 is 19.8 Å². The Morgan fingerprint density at radius 1 is 1.33 bits per heavy atom. The van der Waals surface area contributed by atoms with Gasteiger partial charge in [-0.05, 0) is 18.8 Å². The molecule has 102 valence electrons. The second kappa shape index (κ2) is 5.14. The Kier molecular flexibility index (Phi) is 3.75. The highest BCUT2D eigenvalue weighted by Gasteiger charge is 2.40. The number of hydrogen-bond acceptors (Lipinski definition) is 3. The molecule has 2 saturated heterocycles. The Balaban J connectivity index is 2.00. The van der Waals surface area contributed by atoms with Gasteiger partial charge in [0.2, 0.25) is 0 Å². The van der Waals surface area contributed by atoms with Crippen LogP contribution >= 0.6 is 0 Å². The van der Waals surface area contributed by atoms with Gasteiger partial charge < -0.3 is 20.0 Å². The molecule has 2 fully saturated rings. The third-order valence-electron chi connectivity index (χ3n) is 4.03. The van der Waals surface area contributed by atoms with Crippen molar-refractivity contribution in [1.82, 2.24) is 9.80 Å². The minimum Gasteiger partial charge on any atom is -0.481 e. The van der Waals surface area contributed by atoms with E-state index in [1.807, 2.05) is 6.92 Å². The molecule has 2 rings (SSSR count). The summed E-state index contributed by atoms with van der Waals surface area (Å²) < 4.78 is 0. The van der Waals surface area contributed by atoms with Crippen molar-refractivity contribution in [3.05, 3.63) is 0 Å².